The Balaban J connectivity index is 1.42. The third kappa shape index (κ3) is 4.37. The van der Waals surface area contributed by atoms with Crippen LogP contribution >= 0.6 is 11.6 Å². The maximum absolute atomic E-state index is 13.1. The molecule has 2 heterocycles. The van der Waals surface area contributed by atoms with Gasteiger partial charge in [-0.05, 0) is 48.0 Å². The van der Waals surface area contributed by atoms with Gasteiger partial charge in [-0.15, -0.1) is 5.10 Å². The fourth-order valence-electron chi connectivity index (χ4n) is 3.68. The topological polar surface area (TPSA) is 67.2 Å². The Bertz CT molecular complexity index is 1030. The van der Waals surface area contributed by atoms with Crippen molar-refractivity contribution in [2.45, 2.75) is 26.4 Å². The van der Waals surface area contributed by atoms with Gasteiger partial charge in [0, 0.05) is 48.9 Å². The number of hydrogen-bond donors (Lipinski definition) is 0. The third-order valence-corrected chi connectivity index (χ3v) is 5.73. The fourth-order valence-corrected chi connectivity index (χ4v) is 3.88. The first kappa shape index (κ1) is 20.5. The molecule has 4 rings (SSSR count). The quantitative estimate of drug-likeness (QED) is 0.626. The van der Waals surface area contributed by atoms with Crippen LogP contribution in [0.25, 0.3) is 11.4 Å². The lowest BCUT2D eigenvalue weighted by molar-refractivity contribution is 0.0628. The molecule has 8 heteroatoms. The predicted octanol–water partition coefficient (Wildman–Crippen LogP) is 3.53. The minimum absolute atomic E-state index is 0.0396. The zero-order valence-electron chi connectivity index (χ0n) is 17.2. The molecule has 0 atom stereocenters. The average Bonchev–Trinajstić information content (AvgIpc) is 3.26. The molecular weight excluding hydrogens is 400 g/mol. The molecule has 1 amide bonds. The minimum Gasteiger partial charge on any atom is -0.336 e. The number of carbonyl (C=O) groups excluding carboxylic acids is 1. The summed E-state index contributed by atoms with van der Waals surface area (Å²) >= 11 is 6.28. The van der Waals surface area contributed by atoms with E-state index in [1.54, 1.807) is 4.68 Å². The second-order valence-corrected chi connectivity index (χ2v) is 8.19. The molecule has 0 spiro atoms. The zero-order valence-corrected chi connectivity index (χ0v) is 18.0. The van der Waals surface area contributed by atoms with Gasteiger partial charge < -0.3 is 4.90 Å². The molecule has 3 aromatic rings. The molecule has 156 valence electrons. The van der Waals surface area contributed by atoms with Crippen LogP contribution in [0.1, 0.15) is 35.8 Å². The highest BCUT2D eigenvalue weighted by Crippen LogP contribution is 2.22. The highest BCUT2D eigenvalue weighted by Gasteiger charge is 2.23. The highest BCUT2D eigenvalue weighted by molar-refractivity contribution is 6.31. The van der Waals surface area contributed by atoms with Crippen molar-refractivity contribution in [1.29, 1.82) is 0 Å². The van der Waals surface area contributed by atoms with E-state index in [2.05, 4.69) is 26.5 Å². The number of benzene rings is 2. The Morgan fingerprint density at radius 1 is 1.07 bits per heavy atom. The number of hydrogen-bond acceptors (Lipinski definition) is 5. The molecule has 7 nitrogen and oxygen atoms in total. The maximum atomic E-state index is 13.1. The van der Waals surface area contributed by atoms with Crippen LogP contribution in [0.3, 0.4) is 0 Å². The van der Waals surface area contributed by atoms with E-state index in [1.807, 2.05) is 61.2 Å². The summed E-state index contributed by atoms with van der Waals surface area (Å²) in [7, 11) is 0. The van der Waals surface area contributed by atoms with Gasteiger partial charge >= 0.3 is 0 Å². The number of tetrazole rings is 1. The lowest BCUT2D eigenvalue weighted by atomic mass is 10.1. The van der Waals surface area contributed by atoms with Crippen LogP contribution in [0.2, 0.25) is 5.02 Å². The van der Waals surface area contributed by atoms with Crippen molar-refractivity contribution in [3.05, 3.63) is 64.7 Å². The molecule has 0 radical (unpaired) electrons. The van der Waals surface area contributed by atoms with E-state index < -0.39 is 0 Å². The first-order valence-corrected chi connectivity index (χ1v) is 10.5. The summed E-state index contributed by atoms with van der Waals surface area (Å²) in [6, 6.07) is 15.6. The summed E-state index contributed by atoms with van der Waals surface area (Å²) in [5.41, 5.74) is 2.62. The summed E-state index contributed by atoms with van der Waals surface area (Å²) in [6.07, 6.45) is 0. The molecule has 0 aliphatic carbocycles. The summed E-state index contributed by atoms with van der Waals surface area (Å²) in [5.74, 6) is 0.710. The van der Waals surface area contributed by atoms with Crippen molar-refractivity contribution in [1.82, 2.24) is 30.0 Å². The smallest absolute Gasteiger partial charge is 0.253 e. The van der Waals surface area contributed by atoms with Crippen molar-refractivity contribution in [3.8, 4) is 11.4 Å². The number of rotatable bonds is 5. The largest absolute Gasteiger partial charge is 0.336 e. The highest BCUT2D eigenvalue weighted by atomic mass is 35.5. The van der Waals surface area contributed by atoms with Crippen LogP contribution in [-0.2, 0) is 6.54 Å². The van der Waals surface area contributed by atoms with Crippen molar-refractivity contribution >= 4 is 17.5 Å². The van der Waals surface area contributed by atoms with Crippen LogP contribution in [0.5, 0.6) is 0 Å². The molecule has 2 aromatic carbocycles. The predicted molar refractivity (Wildman–Crippen MR) is 116 cm³/mol. The zero-order chi connectivity index (χ0) is 21.1. The van der Waals surface area contributed by atoms with Gasteiger partial charge in [0.05, 0.1) is 6.04 Å². The van der Waals surface area contributed by atoms with Gasteiger partial charge in [-0.2, -0.15) is 0 Å². The van der Waals surface area contributed by atoms with E-state index in [1.165, 1.54) is 0 Å². The van der Waals surface area contributed by atoms with Gasteiger partial charge in [-0.25, -0.2) is 4.68 Å². The van der Waals surface area contributed by atoms with E-state index >= 15 is 0 Å². The van der Waals surface area contributed by atoms with Crippen molar-refractivity contribution in [2.75, 3.05) is 26.2 Å². The molecule has 1 saturated heterocycles. The van der Waals surface area contributed by atoms with E-state index in [-0.39, 0.29) is 11.9 Å². The number of piperazine rings is 1. The van der Waals surface area contributed by atoms with E-state index in [4.69, 9.17) is 11.6 Å². The van der Waals surface area contributed by atoms with Crippen LogP contribution in [0.4, 0.5) is 0 Å². The monoisotopic (exact) mass is 424 g/mol. The Labute approximate surface area is 181 Å². The molecule has 0 unspecified atom stereocenters. The summed E-state index contributed by atoms with van der Waals surface area (Å²) < 4.78 is 1.76. The van der Waals surface area contributed by atoms with Crippen molar-refractivity contribution in [3.63, 3.8) is 0 Å². The van der Waals surface area contributed by atoms with Gasteiger partial charge in [0.2, 0.25) is 0 Å². The summed E-state index contributed by atoms with van der Waals surface area (Å²) in [4.78, 5) is 17.3. The lowest BCUT2D eigenvalue weighted by Gasteiger charge is -2.35. The van der Waals surface area contributed by atoms with Gasteiger partial charge in [-0.3, -0.25) is 9.69 Å². The van der Waals surface area contributed by atoms with E-state index in [0.717, 1.165) is 35.8 Å². The Kier molecular flexibility index (Phi) is 6.11. The minimum atomic E-state index is 0.0396. The molecule has 0 N–H and O–H groups in total. The lowest BCUT2D eigenvalue weighted by Crippen LogP contribution is -2.48. The van der Waals surface area contributed by atoms with Gasteiger partial charge in [0.1, 0.15) is 0 Å². The van der Waals surface area contributed by atoms with E-state index in [0.29, 0.717) is 24.5 Å². The molecule has 0 bridgehead atoms. The Morgan fingerprint density at radius 3 is 2.57 bits per heavy atom. The molecule has 1 aliphatic rings. The summed E-state index contributed by atoms with van der Waals surface area (Å²) in [5, 5.41) is 12.8. The maximum Gasteiger partial charge on any atom is 0.253 e. The van der Waals surface area contributed by atoms with Crippen LogP contribution in [0.15, 0.2) is 48.5 Å². The second-order valence-electron chi connectivity index (χ2n) is 7.78. The number of nitrogens with zero attached hydrogens (tertiary/aromatic N) is 6. The number of aromatic nitrogens is 4. The Morgan fingerprint density at radius 2 is 1.83 bits per heavy atom. The van der Waals surface area contributed by atoms with Crippen molar-refractivity contribution in [2.24, 2.45) is 0 Å². The first-order chi connectivity index (χ1) is 14.5. The molecule has 1 aromatic heterocycles. The first-order valence-electron chi connectivity index (χ1n) is 10.2. The van der Waals surface area contributed by atoms with Gasteiger partial charge in [0.25, 0.3) is 5.91 Å². The number of carbonyl (C=O) groups is 1. The summed E-state index contributed by atoms with van der Waals surface area (Å²) in [6.45, 7) is 7.88. The second kappa shape index (κ2) is 8.93. The normalized spacial score (nSPS) is 15.0. The third-order valence-electron chi connectivity index (χ3n) is 5.36. The molecule has 30 heavy (non-hydrogen) atoms. The van der Waals surface area contributed by atoms with E-state index in [9.17, 15) is 4.79 Å². The molecular formula is C22H25ClN6O. The van der Waals surface area contributed by atoms with Gasteiger partial charge in [0.15, 0.2) is 5.82 Å². The molecule has 1 fully saturated rings. The molecule has 0 saturated carbocycles. The molecule has 1 aliphatic heterocycles. The average molecular weight is 425 g/mol. The van der Waals surface area contributed by atoms with Crippen LogP contribution in [-0.4, -0.2) is 62.1 Å². The number of halogens is 1. The SMILES string of the molecule is CC(C)n1nnnc1-c1cccc(C(=O)N2CCN(Cc3ccccc3Cl)CC2)c1. The van der Waals surface area contributed by atoms with Crippen molar-refractivity contribution < 1.29 is 4.79 Å². The standard InChI is InChI=1S/C22H25ClN6O/c1-16(2)29-21(24-25-26-29)17-7-5-8-18(14-17)22(30)28-12-10-27(11-13-28)15-19-6-3-4-9-20(19)23/h3-9,14,16H,10-13,15H2,1-2H3. The Hall–Kier alpha value is -2.77. The van der Waals surface area contributed by atoms with Crippen LogP contribution in [0, 0.1) is 0 Å². The van der Waals surface area contributed by atoms with Crippen LogP contribution < -0.4 is 0 Å². The number of amides is 1. The fraction of sp³-hybridized carbons (Fsp3) is 0.364. The van der Waals surface area contributed by atoms with Gasteiger partial charge in [-0.1, -0.05) is 41.9 Å².